The molecule has 1 aliphatic rings. The van der Waals surface area contributed by atoms with Gasteiger partial charge in [-0.3, -0.25) is 4.90 Å². The summed E-state index contributed by atoms with van der Waals surface area (Å²) < 4.78 is 16.1. The third-order valence-corrected chi connectivity index (χ3v) is 5.56. The molecule has 0 aliphatic carbocycles. The van der Waals surface area contributed by atoms with Crippen molar-refractivity contribution in [2.75, 3.05) is 6.54 Å². The molecule has 3 rings (SSSR count). The molecule has 9 nitrogen and oxygen atoms in total. The van der Waals surface area contributed by atoms with E-state index in [1.54, 1.807) is 47.1 Å². The van der Waals surface area contributed by atoms with Crippen LogP contribution < -0.4 is 0 Å². The number of carbonyl (C=O) groups excluding carboxylic acids is 2. The van der Waals surface area contributed by atoms with Crippen molar-refractivity contribution < 1.29 is 28.9 Å². The zero-order chi connectivity index (χ0) is 24.4. The van der Waals surface area contributed by atoms with Gasteiger partial charge in [-0.05, 0) is 53.5 Å². The minimum atomic E-state index is -1.10. The van der Waals surface area contributed by atoms with Crippen molar-refractivity contribution in [3.05, 3.63) is 35.3 Å². The lowest BCUT2D eigenvalue weighted by atomic mass is 10.00. The second-order valence-corrected chi connectivity index (χ2v) is 10.8. The smallest absolute Gasteiger partial charge is 0.444 e. The molecule has 180 valence electrons. The summed E-state index contributed by atoms with van der Waals surface area (Å²) in [5, 5.41) is 19.7. The highest BCUT2D eigenvalue weighted by molar-refractivity contribution is 7.12. The molecule has 10 heteroatoms. The van der Waals surface area contributed by atoms with Crippen LogP contribution in [0.5, 0.6) is 0 Å². The number of hydrogen-bond acceptors (Lipinski definition) is 9. The number of aromatic nitrogens is 2. The second kappa shape index (κ2) is 9.64. The van der Waals surface area contributed by atoms with Gasteiger partial charge in [0.15, 0.2) is 6.10 Å². The van der Waals surface area contributed by atoms with E-state index < -0.39 is 41.7 Å². The van der Waals surface area contributed by atoms with Crippen LogP contribution in [0.15, 0.2) is 29.8 Å². The van der Waals surface area contributed by atoms with E-state index in [2.05, 4.69) is 10.2 Å². The van der Waals surface area contributed by atoms with Crippen LogP contribution in [0.4, 0.5) is 9.59 Å². The van der Waals surface area contributed by atoms with E-state index >= 15 is 0 Å². The summed E-state index contributed by atoms with van der Waals surface area (Å²) >= 11 is 1.44. The van der Waals surface area contributed by atoms with Crippen molar-refractivity contribution in [2.45, 2.75) is 77.4 Å². The van der Waals surface area contributed by atoms with E-state index in [0.717, 1.165) is 16.1 Å². The summed E-state index contributed by atoms with van der Waals surface area (Å²) in [7, 11) is 0. The highest BCUT2D eigenvalue weighted by Crippen LogP contribution is 2.28. The van der Waals surface area contributed by atoms with Gasteiger partial charge in [0, 0.05) is 5.56 Å². The monoisotopic (exact) mass is 477 g/mol. The van der Waals surface area contributed by atoms with Crippen molar-refractivity contribution >= 4 is 23.6 Å². The summed E-state index contributed by atoms with van der Waals surface area (Å²) in [5.41, 5.74) is 2.06. The molecule has 1 saturated heterocycles. The normalized spacial score (nSPS) is 21.1. The van der Waals surface area contributed by atoms with Crippen LogP contribution in [0.25, 0.3) is 10.6 Å². The van der Waals surface area contributed by atoms with Gasteiger partial charge < -0.3 is 19.3 Å². The maximum absolute atomic E-state index is 12.9. The van der Waals surface area contributed by atoms with E-state index in [9.17, 15) is 14.7 Å². The summed E-state index contributed by atoms with van der Waals surface area (Å²) in [6, 6.07) is 7.03. The van der Waals surface area contributed by atoms with Crippen LogP contribution in [0.1, 0.15) is 47.1 Å². The summed E-state index contributed by atoms with van der Waals surface area (Å²) in [6.07, 6.45) is -3.15. The van der Waals surface area contributed by atoms with E-state index in [1.807, 2.05) is 24.3 Å². The zero-order valence-electron chi connectivity index (χ0n) is 19.8. The van der Waals surface area contributed by atoms with E-state index in [0.29, 0.717) is 6.42 Å². The third kappa shape index (κ3) is 6.88. The van der Waals surface area contributed by atoms with Crippen LogP contribution in [-0.4, -0.2) is 68.4 Å². The van der Waals surface area contributed by atoms with Gasteiger partial charge in [-0.2, -0.15) is 0 Å². The van der Waals surface area contributed by atoms with Crippen molar-refractivity contribution in [3.63, 3.8) is 0 Å². The van der Waals surface area contributed by atoms with Crippen molar-refractivity contribution in [1.82, 2.24) is 15.1 Å². The fraction of sp³-hybridized carbons (Fsp3) is 0.565. The Bertz CT molecular complexity index is 950. The predicted octanol–water partition coefficient (Wildman–Crippen LogP) is 4.05. The van der Waals surface area contributed by atoms with Crippen LogP contribution >= 0.6 is 11.3 Å². The largest absolute Gasteiger partial charge is 0.509 e. The molecule has 0 bridgehead atoms. The topological polar surface area (TPSA) is 111 Å². The minimum absolute atomic E-state index is 0.00284. The second-order valence-electron chi connectivity index (χ2n) is 9.96. The van der Waals surface area contributed by atoms with Gasteiger partial charge in [0.2, 0.25) is 0 Å². The molecule has 0 radical (unpaired) electrons. The molecule has 2 heterocycles. The molecule has 3 atom stereocenters. The van der Waals surface area contributed by atoms with E-state index in [-0.39, 0.29) is 6.54 Å². The fourth-order valence-corrected chi connectivity index (χ4v) is 4.02. The number of likely N-dealkylation sites (tertiary alicyclic amines) is 1. The average Bonchev–Trinajstić information content (AvgIpc) is 3.30. The van der Waals surface area contributed by atoms with Gasteiger partial charge in [0.1, 0.15) is 27.8 Å². The van der Waals surface area contributed by atoms with Crippen molar-refractivity contribution in [2.24, 2.45) is 0 Å². The molecule has 0 unspecified atom stereocenters. The average molecular weight is 478 g/mol. The van der Waals surface area contributed by atoms with Crippen LogP contribution in [0.2, 0.25) is 0 Å². The first-order valence-corrected chi connectivity index (χ1v) is 11.6. The quantitative estimate of drug-likeness (QED) is 0.657. The minimum Gasteiger partial charge on any atom is -0.444 e. The Morgan fingerprint density at radius 3 is 2.27 bits per heavy atom. The molecular weight excluding hydrogens is 446 g/mol. The van der Waals surface area contributed by atoms with Crippen LogP contribution in [-0.2, 0) is 20.6 Å². The number of hydrogen-bond donors (Lipinski definition) is 1. The number of nitrogens with zero attached hydrogens (tertiary/aromatic N) is 3. The molecule has 33 heavy (non-hydrogen) atoms. The first-order chi connectivity index (χ1) is 15.3. The Hall–Kier alpha value is -2.72. The van der Waals surface area contributed by atoms with Gasteiger partial charge in [0.25, 0.3) is 0 Å². The molecular formula is C23H31N3O6S. The number of amides is 1. The first kappa shape index (κ1) is 24.9. The first-order valence-electron chi connectivity index (χ1n) is 10.8. The van der Waals surface area contributed by atoms with Crippen molar-refractivity contribution in [3.8, 4) is 10.6 Å². The molecule has 1 aromatic carbocycles. The van der Waals surface area contributed by atoms with Crippen LogP contribution in [0, 0.1) is 0 Å². The molecule has 1 fully saturated rings. The molecule has 1 N–H and O–H groups in total. The van der Waals surface area contributed by atoms with Gasteiger partial charge in [-0.25, -0.2) is 9.59 Å². The molecule has 2 aromatic rings. The Morgan fingerprint density at radius 2 is 1.73 bits per heavy atom. The maximum Gasteiger partial charge on any atom is 0.509 e. The Kier molecular flexibility index (Phi) is 7.28. The molecule has 0 saturated carbocycles. The summed E-state index contributed by atoms with van der Waals surface area (Å²) in [4.78, 5) is 26.5. The molecule has 1 aromatic heterocycles. The van der Waals surface area contributed by atoms with Crippen molar-refractivity contribution in [1.29, 1.82) is 0 Å². The molecule has 1 aliphatic heterocycles. The highest BCUT2D eigenvalue weighted by atomic mass is 32.1. The maximum atomic E-state index is 12.9. The lowest BCUT2D eigenvalue weighted by Crippen LogP contribution is -2.43. The van der Waals surface area contributed by atoms with Gasteiger partial charge in [-0.15, -0.1) is 10.2 Å². The number of carbonyl (C=O) groups is 2. The fourth-order valence-electron chi connectivity index (χ4n) is 3.46. The Labute approximate surface area is 197 Å². The van der Waals surface area contributed by atoms with E-state index in [4.69, 9.17) is 14.2 Å². The lowest BCUT2D eigenvalue weighted by Gasteiger charge is -2.29. The standard InChI is InChI=1S/C23H31N3O6S/c1-22(2,3)31-20(28)26-12-17(30-21(29)32-23(4,5)6)18(27)16(26)11-14-7-9-15(10-8-14)19-25-24-13-33-19/h7-10,13,16-18,27H,11-12H2,1-6H3/t16-,17+,18+/m1/s1. The number of benzene rings is 1. The zero-order valence-corrected chi connectivity index (χ0v) is 20.6. The lowest BCUT2D eigenvalue weighted by molar-refractivity contribution is -0.0486. The van der Waals surface area contributed by atoms with E-state index in [1.165, 1.54) is 16.2 Å². The molecule has 1 amide bonds. The molecule has 0 spiro atoms. The van der Waals surface area contributed by atoms with Gasteiger partial charge in [0.05, 0.1) is 12.6 Å². The number of aliphatic hydroxyl groups is 1. The SMILES string of the molecule is CC(C)(C)OC(=O)O[C@H]1CN(C(=O)OC(C)(C)C)[C@H](Cc2ccc(-c3nncs3)cc2)[C@@H]1O. The summed E-state index contributed by atoms with van der Waals surface area (Å²) in [6.45, 7) is 10.5. The number of ether oxygens (including phenoxy) is 3. The number of rotatable bonds is 4. The van der Waals surface area contributed by atoms with Gasteiger partial charge in [-0.1, -0.05) is 35.6 Å². The highest BCUT2D eigenvalue weighted by Gasteiger charge is 2.47. The third-order valence-electron chi connectivity index (χ3n) is 4.82. The predicted molar refractivity (Wildman–Crippen MR) is 123 cm³/mol. The summed E-state index contributed by atoms with van der Waals surface area (Å²) in [5.74, 6) is 0. The van der Waals surface area contributed by atoms with Crippen LogP contribution in [0.3, 0.4) is 0 Å². The Morgan fingerprint density at radius 1 is 1.09 bits per heavy atom. The number of aliphatic hydroxyl groups excluding tert-OH is 1. The Balaban J connectivity index is 1.77. The van der Waals surface area contributed by atoms with Gasteiger partial charge >= 0.3 is 12.2 Å².